The third kappa shape index (κ3) is 49.2. The third-order valence-corrected chi connectivity index (χ3v) is 2.96. The lowest BCUT2D eigenvalue weighted by Crippen LogP contribution is -2.41. The molecule has 0 spiro atoms. The summed E-state index contributed by atoms with van der Waals surface area (Å²) in [5.74, 6) is -2.58. The number of Topliss-reactive ketones (excluding diaryl/α,β-unsaturated/α-hetero) is 1. The molecule has 15 heteroatoms. The lowest BCUT2D eigenvalue weighted by atomic mass is 9.88. The van der Waals surface area contributed by atoms with Gasteiger partial charge >= 0.3 is 18.1 Å². The van der Waals surface area contributed by atoms with Gasteiger partial charge in [-0.3, -0.25) is 14.3 Å². The lowest BCUT2D eigenvalue weighted by Gasteiger charge is -2.22. The van der Waals surface area contributed by atoms with Crippen LogP contribution in [-0.2, 0) is 33.6 Å². The number of nitrogens with two attached hydrogens (primary N) is 2. The van der Waals surface area contributed by atoms with Crippen molar-refractivity contribution in [3.63, 3.8) is 0 Å². The average Bonchev–Trinajstić information content (AvgIpc) is 2.72. The largest absolute Gasteiger partial charge is 0.554 e. The molecular formula is C20H46FN3O11. The van der Waals surface area contributed by atoms with Crippen molar-refractivity contribution in [3.8, 4) is 0 Å². The van der Waals surface area contributed by atoms with Gasteiger partial charge in [-0.05, 0) is 17.8 Å². The van der Waals surface area contributed by atoms with Crippen molar-refractivity contribution in [3.05, 3.63) is 0 Å². The van der Waals surface area contributed by atoms with Gasteiger partial charge in [0.05, 0.1) is 6.04 Å². The summed E-state index contributed by atoms with van der Waals surface area (Å²) in [6, 6.07) is -1.05. The van der Waals surface area contributed by atoms with Crippen LogP contribution in [0, 0.1) is 16.7 Å². The number of hydrogen-bond donors (Lipinski definition) is 5. The van der Waals surface area contributed by atoms with Gasteiger partial charge in [0.2, 0.25) is 5.78 Å². The fraction of sp³-hybridized carbons (Fsp3) is 0.700. The first kappa shape index (κ1) is 45.4. The summed E-state index contributed by atoms with van der Waals surface area (Å²) in [4.78, 5) is 65.4. The van der Waals surface area contributed by atoms with E-state index in [1.165, 1.54) is 0 Å². The predicted molar refractivity (Wildman–Crippen MR) is 126 cm³/mol. The van der Waals surface area contributed by atoms with Crippen LogP contribution in [0.4, 0.5) is 4.72 Å². The van der Waals surface area contributed by atoms with Crippen LogP contribution < -0.4 is 22.7 Å². The summed E-state index contributed by atoms with van der Waals surface area (Å²) in [7, 11) is 0. The highest BCUT2D eigenvalue weighted by Gasteiger charge is 2.27. The predicted octanol–water partition coefficient (Wildman–Crippen LogP) is -0.578. The summed E-state index contributed by atoms with van der Waals surface area (Å²) in [5.41, 5.74) is 6.36. The Kier molecular flexibility index (Phi) is 37.5. The number of ketones is 1. The molecule has 2 atom stereocenters. The quantitative estimate of drug-likeness (QED) is 0.215. The highest BCUT2D eigenvalue weighted by molar-refractivity contribution is 6.34. The molecular weight excluding hydrogens is 477 g/mol. The molecule has 0 amide bonds. The van der Waals surface area contributed by atoms with Crippen LogP contribution in [0.15, 0.2) is 0 Å². The molecule has 14 nitrogen and oxygen atoms in total. The Morgan fingerprint density at radius 1 is 1.11 bits per heavy atom. The Hall–Kier alpha value is -3.10. The molecule has 0 aromatic rings. The molecule has 0 aliphatic rings. The normalized spacial score (nSPS) is 11.1. The van der Waals surface area contributed by atoms with Gasteiger partial charge in [0, 0.05) is 13.3 Å². The number of quaternary nitrogens is 1. The number of carbonyl (C=O) groups excluding carboxylic acids is 5. The summed E-state index contributed by atoms with van der Waals surface area (Å²) in [6.45, 7) is 13.7. The second-order valence-corrected chi connectivity index (χ2v) is 8.62. The highest BCUT2D eigenvalue weighted by Crippen LogP contribution is 2.16. The van der Waals surface area contributed by atoms with E-state index in [4.69, 9.17) is 41.6 Å². The zero-order valence-electron chi connectivity index (χ0n) is 23.7. The maximum absolute atomic E-state index is 10.6. The van der Waals surface area contributed by atoms with E-state index in [0.29, 0.717) is 5.92 Å². The van der Waals surface area contributed by atoms with Crippen molar-refractivity contribution in [2.45, 2.75) is 73.9 Å². The molecule has 35 heavy (non-hydrogen) atoms. The maximum Gasteiger partial charge on any atom is 0.373 e. The standard InChI is InChI=1S/C6H13NO2.C6H13NO.C6H10O3.CH2O2.CO2.FH.H3N.H2O.H2/c1-6(2,3)4(7)5(8)9;1-5(2)3-6(7)4-8;1-6(2,3)4(7)5(8)9;2*2-1-3;;;;/h4H,7H2,1-3H3,(H,8,9);4-6H,3,7H2,1-2H3;1-3H3,(H,8,9);1H,(H,2,3);;1H;1H3;1H2;1H/t4-;6-;;;;;;;/m10......./s1/i/hD2. The number of carboxylic acid groups (broad SMARTS) is 3. The van der Waals surface area contributed by atoms with Crippen LogP contribution in [0.1, 0.15) is 63.2 Å². The molecule has 214 valence electrons. The average molecular weight is 526 g/mol. The monoisotopic (exact) mass is 525 g/mol. The van der Waals surface area contributed by atoms with Gasteiger partial charge in [0.25, 0.3) is 1.45 Å². The Bertz CT molecular complexity index is 626. The van der Waals surface area contributed by atoms with E-state index in [2.05, 4.69) is 7.18 Å². The van der Waals surface area contributed by atoms with Crippen molar-refractivity contribution < 1.29 is 61.9 Å². The maximum atomic E-state index is 10.6. The van der Waals surface area contributed by atoms with Crippen LogP contribution in [0.25, 0.3) is 0 Å². The van der Waals surface area contributed by atoms with Crippen LogP contribution >= 0.6 is 0 Å². The van der Waals surface area contributed by atoms with E-state index in [1.807, 2.05) is 13.8 Å². The topological polar surface area (TPSA) is 303 Å². The number of carbonyl (C=O) groups is 5. The Morgan fingerprint density at radius 3 is 1.46 bits per heavy atom. The van der Waals surface area contributed by atoms with E-state index in [9.17, 15) is 19.2 Å². The van der Waals surface area contributed by atoms with Gasteiger partial charge < -0.3 is 48.0 Å². The summed E-state index contributed by atoms with van der Waals surface area (Å²) < 4.78 is 19.7. The number of carboxylic acids is 2. The first-order valence-electron chi connectivity index (χ1n) is 10.1. The molecule has 0 saturated heterocycles. The number of aldehydes is 1. The third-order valence-electron chi connectivity index (χ3n) is 2.96. The zero-order valence-corrected chi connectivity index (χ0v) is 21.7. The minimum absolute atomic E-state index is 0. The summed E-state index contributed by atoms with van der Waals surface area (Å²) >= 11 is 0. The van der Waals surface area contributed by atoms with Gasteiger partial charge in [-0.2, -0.15) is 9.59 Å². The molecule has 0 rings (SSSR count). The fourth-order valence-corrected chi connectivity index (χ4v) is 1.25. The van der Waals surface area contributed by atoms with Gasteiger partial charge in [0.15, 0.2) is 0 Å². The molecule has 0 heterocycles. The lowest BCUT2D eigenvalue weighted by molar-refractivity contribution is -0.283. The number of hydrogen-bond acceptors (Lipinski definition) is 10. The van der Waals surface area contributed by atoms with E-state index in [1.54, 1.807) is 41.5 Å². The molecule has 0 bridgehead atoms. The van der Waals surface area contributed by atoms with Crippen LogP contribution in [0.3, 0.4) is 0 Å². The SMILES string of the molecule is CC(C)(C)C(=O)C(=O)O.CC(C)(C)[C@H](N)C(=O)O.O.O=C=O.O=C[O-].[2H]F.[2H]N[C@H](C=O)CC(C)C.[HH].[NH4+]. The van der Waals surface area contributed by atoms with Crippen LogP contribution in [0.5, 0.6) is 0 Å². The van der Waals surface area contributed by atoms with Crippen molar-refractivity contribution in [1.29, 1.82) is 1.45 Å². The molecule has 0 aliphatic heterocycles. The van der Waals surface area contributed by atoms with Crippen molar-refractivity contribution >= 4 is 36.6 Å². The van der Waals surface area contributed by atoms with Crippen LogP contribution in [0.2, 0.25) is 1.41 Å². The molecule has 0 aromatic carbocycles. The van der Waals surface area contributed by atoms with E-state index >= 15 is 0 Å². The van der Waals surface area contributed by atoms with Crippen molar-refractivity contribution in [1.82, 2.24) is 6.15 Å². The number of aliphatic carboxylic acids is 2. The van der Waals surface area contributed by atoms with Gasteiger partial charge in [-0.1, -0.05) is 55.4 Å². The summed E-state index contributed by atoms with van der Waals surface area (Å²) in [5, 5.41) is 24.8. The number of rotatable bonds is 6. The second kappa shape index (κ2) is 28.9. The van der Waals surface area contributed by atoms with E-state index < -0.39 is 35.7 Å². The number of halogens is 1. The molecule has 0 fully saturated rings. The minimum atomic E-state index is -1.36. The van der Waals surface area contributed by atoms with Gasteiger partial charge in [-0.25, -0.2) is 4.79 Å². The Morgan fingerprint density at radius 2 is 1.43 bits per heavy atom. The zero-order chi connectivity index (χ0) is 30.0. The molecule has 0 radical (unpaired) electrons. The fourth-order valence-electron chi connectivity index (χ4n) is 1.25. The summed E-state index contributed by atoms with van der Waals surface area (Å²) in [6.07, 6.45) is 1.76. The molecule has 12 N–H and O–H groups in total. The Balaban J connectivity index is -0.0000000402. The minimum Gasteiger partial charge on any atom is -0.554 e. The van der Waals surface area contributed by atoms with Crippen LogP contribution in [-0.4, -0.2) is 65.9 Å². The van der Waals surface area contributed by atoms with E-state index in [0.717, 1.165) is 12.7 Å². The van der Waals surface area contributed by atoms with Gasteiger partial charge in [0.1, 0.15) is 13.7 Å². The first-order chi connectivity index (χ1) is 15.7. The highest BCUT2D eigenvalue weighted by atomic mass is 19.0. The van der Waals surface area contributed by atoms with Crippen molar-refractivity contribution in [2.24, 2.45) is 28.2 Å². The van der Waals surface area contributed by atoms with E-state index in [-0.39, 0.29) is 30.7 Å². The van der Waals surface area contributed by atoms with Gasteiger partial charge in [-0.15, -0.1) is 0 Å². The molecule has 0 unspecified atom stereocenters. The van der Waals surface area contributed by atoms with Crippen molar-refractivity contribution in [2.75, 3.05) is 0 Å². The molecule has 0 aliphatic carbocycles. The first-order valence-corrected chi connectivity index (χ1v) is 9.18. The second-order valence-electron chi connectivity index (χ2n) is 8.62. The molecule has 0 saturated carbocycles. The Labute approximate surface area is 209 Å². The molecule has 0 aromatic heterocycles. The smallest absolute Gasteiger partial charge is 0.373 e.